The molecular formula is C13H25N3O3. The van der Waals surface area contributed by atoms with Crippen LogP contribution in [0.5, 0.6) is 0 Å². The third kappa shape index (κ3) is 5.06. The molecule has 0 aromatic heterocycles. The molecule has 0 aliphatic carbocycles. The van der Waals surface area contributed by atoms with E-state index in [4.69, 9.17) is 9.47 Å². The van der Waals surface area contributed by atoms with Gasteiger partial charge in [0.2, 0.25) is 5.91 Å². The van der Waals surface area contributed by atoms with Crippen molar-refractivity contribution in [3.05, 3.63) is 0 Å². The van der Waals surface area contributed by atoms with Crippen molar-refractivity contribution < 1.29 is 14.3 Å². The number of morpholine rings is 1. The predicted molar refractivity (Wildman–Crippen MR) is 72.1 cm³/mol. The average molecular weight is 271 g/mol. The van der Waals surface area contributed by atoms with E-state index in [0.717, 1.165) is 39.1 Å². The fraction of sp³-hybridized carbons (Fsp3) is 0.923. The van der Waals surface area contributed by atoms with Crippen LogP contribution in [0.25, 0.3) is 0 Å². The maximum atomic E-state index is 11.9. The molecule has 2 unspecified atom stereocenters. The zero-order chi connectivity index (χ0) is 13.5. The normalized spacial score (nSPS) is 28.5. The van der Waals surface area contributed by atoms with Gasteiger partial charge in [-0.2, -0.15) is 0 Å². The molecule has 0 saturated carbocycles. The Morgan fingerprint density at radius 1 is 1.26 bits per heavy atom. The first-order valence-corrected chi connectivity index (χ1v) is 7.15. The number of carbonyl (C=O) groups is 1. The topological polar surface area (TPSA) is 62.8 Å². The van der Waals surface area contributed by atoms with E-state index < -0.39 is 0 Å². The van der Waals surface area contributed by atoms with E-state index in [-0.39, 0.29) is 18.1 Å². The van der Waals surface area contributed by atoms with Gasteiger partial charge in [0.15, 0.2) is 0 Å². The van der Waals surface area contributed by atoms with Crippen molar-refractivity contribution in [1.29, 1.82) is 0 Å². The highest BCUT2D eigenvalue weighted by atomic mass is 16.5. The Hall–Kier alpha value is -0.690. The Morgan fingerprint density at radius 2 is 2.11 bits per heavy atom. The Labute approximate surface area is 114 Å². The first kappa shape index (κ1) is 14.7. The van der Waals surface area contributed by atoms with Gasteiger partial charge >= 0.3 is 0 Å². The van der Waals surface area contributed by atoms with Gasteiger partial charge in [-0.1, -0.05) is 0 Å². The summed E-state index contributed by atoms with van der Waals surface area (Å²) in [7, 11) is 1.91. The van der Waals surface area contributed by atoms with Crippen LogP contribution < -0.4 is 10.6 Å². The van der Waals surface area contributed by atoms with Crippen LogP contribution >= 0.6 is 0 Å². The lowest BCUT2D eigenvalue weighted by Gasteiger charge is -2.32. The summed E-state index contributed by atoms with van der Waals surface area (Å²) in [6.45, 7) is 5.09. The largest absolute Gasteiger partial charge is 0.376 e. The van der Waals surface area contributed by atoms with Crippen molar-refractivity contribution in [1.82, 2.24) is 15.5 Å². The van der Waals surface area contributed by atoms with Crippen molar-refractivity contribution in [2.45, 2.75) is 25.0 Å². The molecule has 2 heterocycles. The van der Waals surface area contributed by atoms with E-state index in [1.165, 1.54) is 0 Å². The van der Waals surface area contributed by atoms with Crippen LogP contribution in [0.2, 0.25) is 0 Å². The lowest BCUT2D eigenvalue weighted by molar-refractivity contribution is -0.124. The number of nitrogens with one attached hydrogen (secondary N) is 2. The van der Waals surface area contributed by atoms with Crippen LogP contribution in [0.15, 0.2) is 0 Å². The van der Waals surface area contributed by atoms with Crippen molar-refractivity contribution in [3.63, 3.8) is 0 Å². The van der Waals surface area contributed by atoms with Crippen LogP contribution in [0.4, 0.5) is 0 Å². The molecule has 0 aromatic rings. The second-order valence-corrected chi connectivity index (χ2v) is 5.22. The van der Waals surface area contributed by atoms with Gasteiger partial charge < -0.3 is 20.1 Å². The molecule has 6 heteroatoms. The van der Waals surface area contributed by atoms with Gasteiger partial charge in [0.05, 0.1) is 25.4 Å². The Bertz CT molecular complexity index is 280. The van der Waals surface area contributed by atoms with E-state index in [0.29, 0.717) is 19.7 Å². The Kier molecular flexibility index (Phi) is 6.03. The number of ether oxygens (including phenoxy) is 2. The van der Waals surface area contributed by atoms with Crippen LogP contribution in [0.1, 0.15) is 12.8 Å². The zero-order valence-corrected chi connectivity index (χ0v) is 11.7. The standard InChI is InChI=1S/C13H25N3O3/c1-14-7-12-9-16(4-6-19-12)10-13(17)15-8-11-3-2-5-18-11/h11-12,14H,2-10H2,1H3,(H,15,17). The molecule has 19 heavy (non-hydrogen) atoms. The van der Waals surface area contributed by atoms with Gasteiger partial charge in [-0.05, 0) is 19.9 Å². The molecule has 6 nitrogen and oxygen atoms in total. The van der Waals surface area contributed by atoms with Gasteiger partial charge in [-0.15, -0.1) is 0 Å². The summed E-state index contributed by atoms with van der Waals surface area (Å²) >= 11 is 0. The summed E-state index contributed by atoms with van der Waals surface area (Å²) in [4.78, 5) is 14.0. The van der Waals surface area contributed by atoms with Gasteiger partial charge in [-0.3, -0.25) is 9.69 Å². The first-order chi connectivity index (χ1) is 9.28. The van der Waals surface area contributed by atoms with Crippen LogP contribution in [0.3, 0.4) is 0 Å². The Balaban J connectivity index is 1.63. The van der Waals surface area contributed by atoms with Gasteiger partial charge in [-0.25, -0.2) is 0 Å². The number of rotatable bonds is 6. The Morgan fingerprint density at radius 3 is 2.84 bits per heavy atom. The highest BCUT2D eigenvalue weighted by Crippen LogP contribution is 2.10. The van der Waals surface area contributed by atoms with Gasteiger partial charge in [0.25, 0.3) is 0 Å². The molecule has 0 radical (unpaired) electrons. The fourth-order valence-electron chi connectivity index (χ4n) is 2.57. The highest BCUT2D eigenvalue weighted by Gasteiger charge is 2.22. The average Bonchev–Trinajstić information content (AvgIpc) is 2.90. The number of carbonyl (C=O) groups excluding carboxylic acids is 1. The lowest BCUT2D eigenvalue weighted by atomic mass is 10.2. The molecule has 2 fully saturated rings. The number of hydrogen-bond acceptors (Lipinski definition) is 5. The maximum absolute atomic E-state index is 11.9. The summed E-state index contributed by atoms with van der Waals surface area (Å²) < 4.78 is 11.1. The van der Waals surface area contributed by atoms with Crippen molar-refractivity contribution in [3.8, 4) is 0 Å². The van der Waals surface area contributed by atoms with Crippen LogP contribution in [0, 0.1) is 0 Å². The van der Waals surface area contributed by atoms with Gasteiger partial charge in [0, 0.05) is 32.8 Å². The minimum Gasteiger partial charge on any atom is -0.376 e. The van der Waals surface area contributed by atoms with E-state index in [1.54, 1.807) is 0 Å². The summed E-state index contributed by atoms with van der Waals surface area (Å²) in [6, 6.07) is 0. The summed E-state index contributed by atoms with van der Waals surface area (Å²) in [6.07, 6.45) is 2.56. The van der Waals surface area contributed by atoms with E-state index in [1.807, 2.05) is 7.05 Å². The third-order valence-electron chi connectivity index (χ3n) is 3.57. The van der Waals surface area contributed by atoms with Gasteiger partial charge in [0.1, 0.15) is 0 Å². The molecular weight excluding hydrogens is 246 g/mol. The second-order valence-electron chi connectivity index (χ2n) is 5.22. The molecule has 0 aromatic carbocycles. The molecule has 2 atom stereocenters. The second kappa shape index (κ2) is 7.79. The van der Waals surface area contributed by atoms with Crippen molar-refractivity contribution in [2.75, 3.05) is 53.0 Å². The van der Waals surface area contributed by atoms with Crippen LogP contribution in [-0.2, 0) is 14.3 Å². The molecule has 2 saturated heterocycles. The van der Waals surface area contributed by atoms with Crippen molar-refractivity contribution >= 4 is 5.91 Å². The number of likely N-dealkylation sites (N-methyl/N-ethyl adjacent to an activating group) is 1. The van der Waals surface area contributed by atoms with E-state index >= 15 is 0 Å². The molecule has 2 rings (SSSR count). The SMILES string of the molecule is CNCC1CN(CC(=O)NCC2CCCO2)CCO1. The minimum absolute atomic E-state index is 0.0839. The summed E-state index contributed by atoms with van der Waals surface area (Å²) in [5, 5.41) is 6.06. The molecule has 1 amide bonds. The quantitative estimate of drug-likeness (QED) is 0.662. The summed E-state index contributed by atoms with van der Waals surface area (Å²) in [5.41, 5.74) is 0. The van der Waals surface area contributed by atoms with Crippen molar-refractivity contribution in [2.24, 2.45) is 0 Å². The lowest BCUT2D eigenvalue weighted by Crippen LogP contribution is -2.49. The van der Waals surface area contributed by atoms with E-state index in [9.17, 15) is 4.79 Å². The highest BCUT2D eigenvalue weighted by molar-refractivity contribution is 5.78. The monoisotopic (exact) mass is 271 g/mol. The molecule has 0 spiro atoms. The van der Waals surface area contributed by atoms with Crippen LogP contribution in [-0.4, -0.2) is 76.0 Å². The molecule has 0 bridgehead atoms. The number of amides is 1. The minimum atomic E-state index is 0.0839. The molecule has 110 valence electrons. The third-order valence-corrected chi connectivity index (χ3v) is 3.57. The van der Waals surface area contributed by atoms with E-state index in [2.05, 4.69) is 15.5 Å². The number of nitrogens with zero attached hydrogens (tertiary/aromatic N) is 1. The number of hydrogen-bond donors (Lipinski definition) is 2. The molecule has 2 aliphatic rings. The predicted octanol–water partition coefficient (Wildman–Crippen LogP) is -0.798. The molecule has 2 N–H and O–H groups in total. The maximum Gasteiger partial charge on any atom is 0.234 e. The zero-order valence-electron chi connectivity index (χ0n) is 11.7. The smallest absolute Gasteiger partial charge is 0.234 e. The first-order valence-electron chi connectivity index (χ1n) is 7.15. The molecule has 2 aliphatic heterocycles. The summed E-state index contributed by atoms with van der Waals surface area (Å²) in [5.74, 6) is 0.0839. The fourth-order valence-corrected chi connectivity index (χ4v) is 2.57.